The van der Waals surface area contributed by atoms with E-state index in [0.29, 0.717) is 37.2 Å². The summed E-state index contributed by atoms with van der Waals surface area (Å²) in [7, 11) is -0.235. The molecule has 4 nitrogen and oxygen atoms in total. The van der Waals surface area contributed by atoms with Crippen LogP contribution >= 0.6 is 31.9 Å². The lowest BCUT2D eigenvalue weighted by Gasteiger charge is -2.22. The first kappa shape index (κ1) is 21.3. The first-order valence-corrected chi connectivity index (χ1v) is 13.9. The predicted molar refractivity (Wildman–Crippen MR) is 121 cm³/mol. The molecule has 0 N–H and O–H groups in total. The van der Waals surface area contributed by atoms with Crippen molar-refractivity contribution in [2.24, 2.45) is 0 Å². The Bertz CT molecular complexity index is 1010. The van der Waals surface area contributed by atoms with Crippen LogP contribution in [0.15, 0.2) is 49.8 Å². The Morgan fingerprint density at radius 2 is 1.71 bits per heavy atom. The molecule has 2 aromatic carbocycles. The van der Waals surface area contributed by atoms with Gasteiger partial charge in [0.1, 0.15) is 23.2 Å². The fourth-order valence-electron chi connectivity index (χ4n) is 3.20. The van der Waals surface area contributed by atoms with Gasteiger partial charge < -0.3 is 13.6 Å². The molecule has 0 fully saturated rings. The van der Waals surface area contributed by atoms with Gasteiger partial charge in [-0.25, -0.2) is 0 Å². The molecule has 0 amide bonds. The standard InChI is InChI=1S/C21H22Br2O4Si/c1-12(27-28(3,4)5)20-18(14-8-6-7-9-17(14)26-20)19(24)13-10-15(22)21(25-2)16(23)11-13/h6-12H,1-5H3. The monoisotopic (exact) mass is 524 g/mol. The molecular formula is C21H22Br2O4Si. The van der Waals surface area contributed by atoms with Crippen molar-refractivity contribution in [1.82, 2.24) is 0 Å². The number of ketones is 1. The van der Waals surface area contributed by atoms with E-state index in [-0.39, 0.29) is 11.9 Å². The molecule has 28 heavy (non-hydrogen) atoms. The third-order valence-corrected chi connectivity index (χ3v) is 6.45. The second-order valence-corrected chi connectivity index (χ2v) is 13.7. The highest BCUT2D eigenvalue weighted by molar-refractivity contribution is 9.11. The molecule has 0 radical (unpaired) electrons. The number of hydrogen-bond donors (Lipinski definition) is 0. The van der Waals surface area contributed by atoms with E-state index in [4.69, 9.17) is 13.6 Å². The molecular weight excluding hydrogens is 504 g/mol. The van der Waals surface area contributed by atoms with Crippen LogP contribution in [0.5, 0.6) is 5.75 Å². The molecule has 148 valence electrons. The van der Waals surface area contributed by atoms with Crippen LogP contribution in [-0.2, 0) is 4.43 Å². The topological polar surface area (TPSA) is 48.7 Å². The van der Waals surface area contributed by atoms with Crippen molar-refractivity contribution in [2.45, 2.75) is 32.7 Å². The van der Waals surface area contributed by atoms with E-state index >= 15 is 0 Å². The molecule has 0 saturated carbocycles. The van der Waals surface area contributed by atoms with Crippen LogP contribution in [0.1, 0.15) is 34.7 Å². The summed E-state index contributed by atoms with van der Waals surface area (Å²) < 4.78 is 19.1. The van der Waals surface area contributed by atoms with Crippen LogP contribution < -0.4 is 4.74 Å². The zero-order valence-corrected chi connectivity index (χ0v) is 20.6. The number of para-hydroxylation sites is 1. The Morgan fingerprint density at radius 1 is 1.11 bits per heavy atom. The van der Waals surface area contributed by atoms with Gasteiger partial charge in [-0.3, -0.25) is 4.79 Å². The summed E-state index contributed by atoms with van der Waals surface area (Å²) in [6, 6.07) is 11.1. The van der Waals surface area contributed by atoms with Crippen LogP contribution in [0.25, 0.3) is 11.0 Å². The van der Waals surface area contributed by atoms with E-state index < -0.39 is 8.32 Å². The molecule has 1 heterocycles. The van der Waals surface area contributed by atoms with Gasteiger partial charge in [0.05, 0.1) is 21.6 Å². The number of rotatable bonds is 6. The van der Waals surface area contributed by atoms with Gasteiger partial charge >= 0.3 is 0 Å². The number of methoxy groups -OCH3 is 1. The van der Waals surface area contributed by atoms with Gasteiger partial charge in [-0.1, -0.05) is 18.2 Å². The van der Waals surface area contributed by atoms with Gasteiger partial charge in [0.25, 0.3) is 0 Å². The van der Waals surface area contributed by atoms with E-state index in [0.717, 1.165) is 5.39 Å². The second-order valence-electron chi connectivity index (χ2n) is 7.51. The smallest absolute Gasteiger partial charge is 0.197 e. The third-order valence-electron chi connectivity index (χ3n) is 4.21. The number of halogens is 2. The van der Waals surface area contributed by atoms with Gasteiger partial charge in [-0.2, -0.15) is 0 Å². The average molecular weight is 526 g/mol. The van der Waals surface area contributed by atoms with Crippen molar-refractivity contribution in [3.63, 3.8) is 0 Å². The molecule has 1 unspecified atom stereocenters. The Balaban J connectivity index is 2.16. The molecule has 1 aromatic heterocycles. The Labute approximate surface area is 182 Å². The lowest BCUT2D eigenvalue weighted by atomic mass is 9.98. The molecule has 0 spiro atoms. The molecule has 0 bridgehead atoms. The van der Waals surface area contributed by atoms with Crippen molar-refractivity contribution in [3.05, 3.63) is 62.2 Å². The highest BCUT2D eigenvalue weighted by Gasteiger charge is 2.29. The normalized spacial score (nSPS) is 13.0. The zero-order chi connectivity index (χ0) is 20.6. The summed E-state index contributed by atoms with van der Waals surface area (Å²) in [5.41, 5.74) is 1.76. The fourth-order valence-corrected chi connectivity index (χ4v) is 5.88. The van der Waals surface area contributed by atoms with Crippen molar-refractivity contribution < 1.29 is 18.4 Å². The molecule has 0 saturated heterocycles. The molecule has 3 rings (SSSR count). The van der Waals surface area contributed by atoms with Gasteiger partial charge in [0, 0.05) is 10.9 Å². The SMILES string of the molecule is COc1c(Br)cc(C(=O)c2c(C(C)O[Si](C)(C)C)oc3ccccc23)cc1Br. The largest absolute Gasteiger partial charge is 0.494 e. The second kappa shape index (κ2) is 8.14. The molecule has 0 aliphatic rings. The average Bonchev–Trinajstić information content (AvgIpc) is 2.99. The van der Waals surface area contributed by atoms with Gasteiger partial charge in [0.15, 0.2) is 14.1 Å². The lowest BCUT2D eigenvalue weighted by Crippen LogP contribution is -2.27. The summed E-state index contributed by atoms with van der Waals surface area (Å²) in [4.78, 5) is 13.5. The number of carbonyl (C=O) groups excluding carboxylic acids is 1. The first-order valence-electron chi connectivity index (χ1n) is 8.89. The van der Waals surface area contributed by atoms with E-state index in [1.54, 1.807) is 19.2 Å². The summed E-state index contributed by atoms with van der Waals surface area (Å²) in [5, 5.41) is 0.789. The quantitative estimate of drug-likeness (QED) is 0.254. The highest BCUT2D eigenvalue weighted by atomic mass is 79.9. The van der Waals surface area contributed by atoms with Crippen LogP contribution in [0.3, 0.4) is 0 Å². The summed E-state index contributed by atoms with van der Waals surface area (Å²) in [5.74, 6) is 1.09. The van der Waals surface area contributed by atoms with Crippen molar-refractivity contribution >= 4 is 56.9 Å². The highest BCUT2D eigenvalue weighted by Crippen LogP contribution is 2.38. The van der Waals surface area contributed by atoms with E-state index in [1.165, 1.54) is 0 Å². The zero-order valence-electron chi connectivity index (χ0n) is 16.4. The maximum atomic E-state index is 13.5. The molecule has 7 heteroatoms. The maximum absolute atomic E-state index is 13.5. The van der Waals surface area contributed by atoms with Crippen LogP contribution in [-0.4, -0.2) is 21.2 Å². The van der Waals surface area contributed by atoms with Gasteiger partial charge in [-0.15, -0.1) is 0 Å². The molecule has 1 atom stereocenters. The number of hydrogen-bond acceptors (Lipinski definition) is 4. The lowest BCUT2D eigenvalue weighted by molar-refractivity contribution is 0.103. The van der Waals surface area contributed by atoms with Crippen LogP contribution in [0.4, 0.5) is 0 Å². The van der Waals surface area contributed by atoms with Gasteiger partial charge in [0.2, 0.25) is 0 Å². The first-order chi connectivity index (χ1) is 13.1. The Morgan fingerprint density at radius 3 is 2.29 bits per heavy atom. The minimum atomic E-state index is -1.82. The minimum Gasteiger partial charge on any atom is -0.494 e. The van der Waals surface area contributed by atoms with Crippen LogP contribution in [0, 0.1) is 0 Å². The number of furan rings is 1. The Kier molecular flexibility index (Phi) is 6.19. The fraction of sp³-hybridized carbons (Fsp3) is 0.286. The van der Waals surface area contributed by atoms with Crippen molar-refractivity contribution in [2.75, 3.05) is 7.11 Å². The van der Waals surface area contributed by atoms with E-state index in [1.807, 2.05) is 31.2 Å². The number of benzene rings is 2. The van der Waals surface area contributed by atoms with Gasteiger partial charge in [-0.05, 0) is 76.6 Å². The summed E-state index contributed by atoms with van der Waals surface area (Å²) >= 11 is 6.95. The van der Waals surface area contributed by atoms with Crippen molar-refractivity contribution in [3.8, 4) is 5.75 Å². The molecule has 0 aliphatic carbocycles. The molecule has 0 aliphatic heterocycles. The number of ether oxygens (including phenoxy) is 1. The molecule has 3 aromatic rings. The third kappa shape index (κ3) is 4.27. The number of carbonyl (C=O) groups is 1. The Hall–Kier alpha value is -1.41. The van der Waals surface area contributed by atoms with E-state index in [9.17, 15) is 4.79 Å². The van der Waals surface area contributed by atoms with E-state index in [2.05, 4.69) is 51.5 Å². The minimum absolute atomic E-state index is 0.116. The summed E-state index contributed by atoms with van der Waals surface area (Å²) in [6.07, 6.45) is -0.317. The van der Waals surface area contributed by atoms with Crippen molar-refractivity contribution in [1.29, 1.82) is 0 Å². The van der Waals surface area contributed by atoms with Crippen LogP contribution in [0.2, 0.25) is 19.6 Å². The maximum Gasteiger partial charge on any atom is 0.197 e. The predicted octanol–water partition coefficient (Wildman–Crippen LogP) is 7.11. The number of fused-ring (bicyclic) bond motifs is 1. The summed E-state index contributed by atoms with van der Waals surface area (Å²) in [6.45, 7) is 8.29.